The summed E-state index contributed by atoms with van der Waals surface area (Å²) in [5.41, 5.74) is 0. The van der Waals surface area contributed by atoms with Gasteiger partial charge in [-0.3, -0.25) is 0 Å². The SMILES string of the molecule is CC(N[C@H]1CCC[C@@H]1O)c1ccc(Cl)s1. The standard InChI is InChI=1S/C11H16ClNOS/c1-7(10-5-6-11(12)15-10)13-8-3-2-4-9(8)14/h5-9,13-14H,2-4H2,1H3/t7?,8-,9-/m0/s1. The van der Waals surface area contributed by atoms with Gasteiger partial charge >= 0.3 is 0 Å². The molecule has 2 N–H and O–H groups in total. The van der Waals surface area contributed by atoms with E-state index in [-0.39, 0.29) is 18.2 Å². The molecule has 1 fully saturated rings. The fourth-order valence-corrected chi connectivity index (χ4v) is 3.17. The number of aliphatic hydroxyl groups is 1. The summed E-state index contributed by atoms with van der Waals surface area (Å²) in [6.45, 7) is 2.12. The van der Waals surface area contributed by atoms with E-state index in [4.69, 9.17) is 11.6 Å². The molecular weight excluding hydrogens is 230 g/mol. The third kappa shape index (κ3) is 2.72. The average molecular weight is 246 g/mol. The topological polar surface area (TPSA) is 32.3 Å². The Morgan fingerprint density at radius 2 is 2.33 bits per heavy atom. The number of aliphatic hydroxyl groups excluding tert-OH is 1. The zero-order valence-electron chi connectivity index (χ0n) is 8.74. The smallest absolute Gasteiger partial charge is 0.0931 e. The molecule has 0 saturated heterocycles. The van der Waals surface area contributed by atoms with E-state index in [9.17, 15) is 5.11 Å². The molecule has 0 bridgehead atoms. The number of halogens is 1. The van der Waals surface area contributed by atoms with Gasteiger partial charge in [-0.2, -0.15) is 0 Å². The van der Waals surface area contributed by atoms with E-state index in [1.807, 2.05) is 12.1 Å². The molecule has 1 aromatic heterocycles. The summed E-state index contributed by atoms with van der Waals surface area (Å²) < 4.78 is 0.825. The van der Waals surface area contributed by atoms with Gasteiger partial charge in [0.1, 0.15) is 0 Å². The lowest BCUT2D eigenvalue weighted by Gasteiger charge is -2.21. The molecule has 84 valence electrons. The maximum Gasteiger partial charge on any atom is 0.0931 e. The van der Waals surface area contributed by atoms with Gasteiger partial charge in [0.05, 0.1) is 10.4 Å². The van der Waals surface area contributed by atoms with Gasteiger partial charge in [-0.1, -0.05) is 11.6 Å². The highest BCUT2D eigenvalue weighted by Gasteiger charge is 2.26. The Morgan fingerprint density at radius 1 is 1.53 bits per heavy atom. The first-order valence-electron chi connectivity index (χ1n) is 5.36. The van der Waals surface area contributed by atoms with Crippen LogP contribution in [0.25, 0.3) is 0 Å². The predicted octanol–water partition coefficient (Wildman–Crippen LogP) is 2.97. The molecule has 1 saturated carbocycles. The highest BCUT2D eigenvalue weighted by molar-refractivity contribution is 7.16. The highest BCUT2D eigenvalue weighted by atomic mass is 35.5. The minimum atomic E-state index is -0.178. The van der Waals surface area contributed by atoms with Gasteiger partial charge in [-0.25, -0.2) is 0 Å². The van der Waals surface area contributed by atoms with Crippen LogP contribution in [0.15, 0.2) is 12.1 Å². The van der Waals surface area contributed by atoms with E-state index in [0.717, 1.165) is 23.6 Å². The van der Waals surface area contributed by atoms with Gasteiger partial charge in [-0.15, -0.1) is 11.3 Å². The molecule has 0 radical (unpaired) electrons. The van der Waals surface area contributed by atoms with Crippen LogP contribution in [0.4, 0.5) is 0 Å². The Labute approximate surface area is 99.3 Å². The van der Waals surface area contributed by atoms with E-state index in [1.165, 1.54) is 4.88 Å². The van der Waals surface area contributed by atoms with Crippen molar-refractivity contribution in [3.63, 3.8) is 0 Å². The van der Waals surface area contributed by atoms with Gasteiger partial charge in [0.2, 0.25) is 0 Å². The van der Waals surface area contributed by atoms with Crippen molar-refractivity contribution in [3.05, 3.63) is 21.3 Å². The Kier molecular flexibility index (Phi) is 3.67. The number of thiophene rings is 1. The minimum absolute atomic E-state index is 0.178. The van der Waals surface area contributed by atoms with E-state index in [1.54, 1.807) is 11.3 Å². The maximum absolute atomic E-state index is 9.70. The molecule has 0 aliphatic heterocycles. The van der Waals surface area contributed by atoms with Crippen molar-refractivity contribution in [1.82, 2.24) is 5.32 Å². The lowest BCUT2D eigenvalue weighted by atomic mass is 10.1. The summed E-state index contributed by atoms with van der Waals surface area (Å²) >= 11 is 7.49. The van der Waals surface area contributed by atoms with Crippen LogP contribution in [0, 0.1) is 0 Å². The van der Waals surface area contributed by atoms with Crippen LogP contribution >= 0.6 is 22.9 Å². The van der Waals surface area contributed by atoms with Gasteiger partial charge in [0.15, 0.2) is 0 Å². The van der Waals surface area contributed by atoms with Crippen molar-refractivity contribution in [1.29, 1.82) is 0 Å². The van der Waals surface area contributed by atoms with Crippen molar-refractivity contribution in [2.75, 3.05) is 0 Å². The molecular formula is C11H16ClNOS. The first kappa shape index (κ1) is 11.4. The Bertz CT molecular complexity index is 328. The van der Waals surface area contributed by atoms with Crippen LogP contribution in [0.5, 0.6) is 0 Å². The molecule has 0 aromatic carbocycles. The fourth-order valence-electron chi connectivity index (χ4n) is 2.10. The second kappa shape index (κ2) is 4.83. The molecule has 4 heteroatoms. The second-order valence-corrected chi connectivity index (χ2v) is 5.88. The van der Waals surface area contributed by atoms with E-state index < -0.39 is 0 Å². The van der Waals surface area contributed by atoms with Crippen molar-refractivity contribution in [2.24, 2.45) is 0 Å². The fraction of sp³-hybridized carbons (Fsp3) is 0.636. The second-order valence-electron chi connectivity index (χ2n) is 4.13. The summed E-state index contributed by atoms with van der Waals surface area (Å²) in [7, 11) is 0. The molecule has 15 heavy (non-hydrogen) atoms. The number of hydrogen-bond donors (Lipinski definition) is 2. The van der Waals surface area contributed by atoms with Crippen LogP contribution in [0.2, 0.25) is 4.34 Å². The molecule has 2 nitrogen and oxygen atoms in total. The molecule has 1 aliphatic carbocycles. The molecule has 0 amide bonds. The van der Waals surface area contributed by atoms with Gasteiger partial charge in [0.25, 0.3) is 0 Å². The number of rotatable bonds is 3. The van der Waals surface area contributed by atoms with Gasteiger partial charge < -0.3 is 10.4 Å². The molecule has 1 unspecified atom stereocenters. The van der Waals surface area contributed by atoms with E-state index >= 15 is 0 Å². The lowest BCUT2D eigenvalue weighted by molar-refractivity contribution is 0.144. The third-order valence-electron chi connectivity index (χ3n) is 2.96. The van der Waals surface area contributed by atoms with Crippen LogP contribution in [0.1, 0.15) is 37.1 Å². The summed E-state index contributed by atoms with van der Waals surface area (Å²) in [5, 5.41) is 13.2. The molecule has 3 atom stereocenters. The third-order valence-corrected chi connectivity index (χ3v) is 4.38. The van der Waals surface area contributed by atoms with Crippen molar-refractivity contribution < 1.29 is 5.11 Å². The first-order valence-corrected chi connectivity index (χ1v) is 6.55. The highest BCUT2D eigenvalue weighted by Crippen LogP contribution is 2.28. The Hall–Kier alpha value is -0.0900. The normalized spacial score (nSPS) is 28.2. The predicted molar refractivity (Wildman–Crippen MR) is 64.5 cm³/mol. The van der Waals surface area contributed by atoms with Crippen LogP contribution in [0.3, 0.4) is 0 Å². The first-order chi connectivity index (χ1) is 7.16. The minimum Gasteiger partial charge on any atom is -0.392 e. The molecule has 2 rings (SSSR count). The van der Waals surface area contributed by atoms with Crippen molar-refractivity contribution in [3.8, 4) is 0 Å². The van der Waals surface area contributed by atoms with E-state index in [0.29, 0.717) is 0 Å². The zero-order chi connectivity index (χ0) is 10.8. The Morgan fingerprint density at radius 3 is 2.87 bits per heavy atom. The number of nitrogens with one attached hydrogen (secondary N) is 1. The van der Waals surface area contributed by atoms with Crippen molar-refractivity contribution >= 4 is 22.9 Å². The van der Waals surface area contributed by atoms with Gasteiger partial charge in [0, 0.05) is 17.0 Å². The lowest BCUT2D eigenvalue weighted by Crippen LogP contribution is -2.36. The summed E-state index contributed by atoms with van der Waals surface area (Å²) in [6, 6.07) is 4.50. The summed E-state index contributed by atoms with van der Waals surface area (Å²) in [6.07, 6.45) is 2.94. The quantitative estimate of drug-likeness (QED) is 0.858. The Balaban J connectivity index is 1.94. The van der Waals surface area contributed by atoms with Crippen molar-refractivity contribution in [2.45, 2.75) is 44.4 Å². The molecule has 1 aromatic rings. The average Bonchev–Trinajstić information content (AvgIpc) is 2.77. The monoisotopic (exact) mass is 245 g/mol. The largest absolute Gasteiger partial charge is 0.392 e. The zero-order valence-corrected chi connectivity index (χ0v) is 10.3. The molecule has 0 spiro atoms. The van der Waals surface area contributed by atoms with Crippen LogP contribution in [-0.4, -0.2) is 17.3 Å². The van der Waals surface area contributed by atoms with E-state index in [2.05, 4.69) is 12.2 Å². The molecule has 1 heterocycles. The number of hydrogen-bond acceptors (Lipinski definition) is 3. The van der Waals surface area contributed by atoms with Crippen LogP contribution < -0.4 is 5.32 Å². The van der Waals surface area contributed by atoms with Gasteiger partial charge in [-0.05, 0) is 38.3 Å². The summed E-state index contributed by atoms with van der Waals surface area (Å²) in [5.74, 6) is 0. The maximum atomic E-state index is 9.70. The summed E-state index contributed by atoms with van der Waals surface area (Å²) in [4.78, 5) is 1.24. The van der Waals surface area contributed by atoms with Crippen LogP contribution in [-0.2, 0) is 0 Å². The molecule has 1 aliphatic rings.